The summed E-state index contributed by atoms with van der Waals surface area (Å²) in [6.45, 7) is 2.41. The predicted octanol–water partition coefficient (Wildman–Crippen LogP) is 3.68. The maximum absolute atomic E-state index is 12.3. The van der Waals surface area contributed by atoms with Crippen molar-refractivity contribution in [2.45, 2.75) is 13.5 Å². The van der Waals surface area contributed by atoms with Crippen LogP contribution < -0.4 is 4.74 Å². The van der Waals surface area contributed by atoms with Gasteiger partial charge in [-0.05, 0) is 24.6 Å². The lowest BCUT2D eigenvalue weighted by atomic mass is 10.2. The number of carbonyl (C=O) groups is 1. The van der Waals surface area contributed by atoms with Crippen molar-refractivity contribution in [3.8, 4) is 5.75 Å². The van der Waals surface area contributed by atoms with Crippen LogP contribution in [0.3, 0.4) is 0 Å². The van der Waals surface area contributed by atoms with Gasteiger partial charge in [0.1, 0.15) is 0 Å². The molecule has 0 bridgehead atoms. The lowest BCUT2D eigenvalue weighted by molar-refractivity contribution is -0.385. The number of carbonyl (C=O) groups excluding carboxylic acids is 1. The van der Waals surface area contributed by atoms with E-state index in [0.29, 0.717) is 18.1 Å². The Morgan fingerprint density at radius 2 is 1.88 bits per heavy atom. The number of nitro groups is 1. The second kappa shape index (κ2) is 8.31. The van der Waals surface area contributed by atoms with E-state index in [0.717, 1.165) is 5.56 Å². The molecular formula is C17H17ClN2O4. The molecule has 0 saturated heterocycles. The second-order valence-electron chi connectivity index (χ2n) is 5.01. The highest BCUT2D eigenvalue weighted by molar-refractivity contribution is 6.31. The number of amides is 1. The summed E-state index contributed by atoms with van der Waals surface area (Å²) in [5.74, 6) is -0.194. The van der Waals surface area contributed by atoms with Gasteiger partial charge in [0.15, 0.2) is 12.4 Å². The van der Waals surface area contributed by atoms with E-state index >= 15 is 0 Å². The van der Waals surface area contributed by atoms with Crippen LogP contribution in [0, 0.1) is 10.1 Å². The van der Waals surface area contributed by atoms with Gasteiger partial charge in [-0.25, -0.2) is 0 Å². The highest BCUT2D eigenvalue weighted by Gasteiger charge is 2.18. The van der Waals surface area contributed by atoms with Crippen LogP contribution in [0.15, 0.2) is 48.5 Å². The van der Waals surface area contributed by atoms with Gasteiger partial charge in [-0.1, -0.05) is 41.9 Å². The summed E-state index contributed by atoms with van der Waals surface area (Å²) < 4.78 is 5.35. The minimum absolute atomic E-state index is 0.0737. The standard InChI is InChI=1S/C17H17ClN2O4/c1-2-19(11-13-7-3-4-8-14(13)18)17(21)12-24-16-10-6-5-9-15(16)20(22)23/h3-10H,2,11-12H2,1H3. The fourth-order valence-corrected chi connectivity index (χ4v) is 2.36. The Balaban J connectivity index is 2.03. The van der Waals surface area contributed by atoms with E-state index in [1.165, 1.54) is 12.1 Å². The molecule has 0 heterocycles. The molecule has 0 atom stereocenters. The summed E-state index contributed by atoms with van der Waals surface area (Å²) in [7, 11) is 0. The van der Waals surface area contributed by atoms with E-state index in [1.807, 2.05) is 25.1 Å². The van der Waals surface area contributed by atoms with Crippen molar-refractivity contribution >= 4 is 23.2 Å². The zero-order valence-corrected chi connectivity index (χ0v) is 13.9. The number of ether oxygens (including phenoxy) is 1. The van der Waals surface area contributed by atoms with Crippen LogP contribution in [-0.4, -0.2) is 28.9 Å². The van der Waals surface area contributed by atoms with Crippen molar-refractivity contribution in [3.05, 3.63) is 69.2 Å². The SMILES string of the molecule is CCN(Cc1ccccc1Cl)C(=O)COc1ccccc1[N+](=O)[O-]. The topological polar surface area (TPSA) is 72.7 Å². The molecule has 2 aromatic carbocycles. The summed E-state index contributed by atoms with van der Waals surface area (Å²) in [6, 6.07) is 13.2. The predicted molar refractivity (Wildman–Crippen MR) is 91.1 cm³/mol. The van der Waals surface area contributed by atoms with Crippen LogP contribution in [-0.2, 0) is 11.3 Å². The number of rotatable bonds is 7. The first kappa shape index (κ1) is 17.7. The summed E-state index contributed by atoms with van der Waals surface area (Å²) in [4.78, 5) is 24.3. The maximum atomic E-state index is 12.3. The normalized spacial score (nSPS) is 10.2. The van der Waals surface area contributed by atoms with Crippen molar-refractivity contribution in [3.63, 3.8) is 0 Å². The Bertz CT molecular complexity index is 736. The third-order valence-corrected chi connectivity index (χ3v) is 3.84. The lowest BCUT2D eigenvalue weighted by Crippen LogP contribution is -2.34. The summed E-state index contributed by atoms with van der Waals surface area (Å²) in [5.41, 5.74) is 0.666. The van der Waals surface area contributed by atoms with Gasteiger partial charge >= 0.3 is 5.69 Å². The number of para-hydroxylation sites is 2. The molecule has 0 radical (unpaired) electrons. The van der Waals surface area contributed by atoms with Gasteiger partial charge in [0.2, 0.25) is 0 Å². The molecule has 2 rings (SSSR count). The molecule has 7 heteroatoms. The van der Waals surface area contributed by atoms with Crippen molar-refractivity contribution in [1.29, 1.82) is 0 Å². The quantitative estimate of drug-likeness (QED) is 0.565. The van der Waals surface area contributed by atoms with Gasteiger partial charge < -0.3 is 9.64 Å². The van der Waals surface area contributed by atoms with Gasteiger partial charge in [0.25, 0.3) is 5.91 Å². The van der Waals surface area contributed by atoms with Crippen molar-refractivity contribution in [2.75, 3.05) is 13.2 Å². The van der Waals surface area contributed by atoms with Crippen molar-refractivity contribution < 1.29 is 14.5 Å². The van der Waals surface area contributed by atoms with E-state index in [-0.39, 0.29) is 24.0 Å². The van der Waals surface area contributed by atoms with Gasteiger partial charge in [-0.2, -0.15) is 0 Å². The number of hydrogen-bond acceptors (Lipinski definition) is 4. The third kappa shape index (κ3) is 4.45. The number of nitrogens with zero attached hydrogens (tertiary/aromatic N) is 2. The smallest absolute Gasteiger partial charge is 0.310 e. The number of halogens is 1. The first-order valence-electron chi connectivity index (χ1n) is 7.40. The van der Waals surface area contributed by atoms with Gasteiger partial charge in [-0.3, -0.25) is 14.9 Å². The Morgan fingerprint density at radius 1 is 1.21 bits per heavy atom. The molecular weight excluding hydrogens is 332 g/mol. The van der Waals surface area contributed by atoms with Gasteiger partial charge in [0, 0.05) is 24.2 Å². The fraction of sp³-hybridized carbons (Fsp3) is 0.235. The number of benzene rings is 2. The lowest BCUT2D eigenvalue weighted by Gasteiger charge is -2.21. The van der Waals surface area contributed by atoms with Crippen LogP contribution in [0.5, 0.6) is 5.75 Å². The van der Waals surface area contributed by atoms with Crippen LogP contribution in [0.1, 0.15) is 12.5 Å². The van der Waals surface area contributed by atoms with E-state index in [1.54, 1.807) is 23.1 Å². The number of nitro benzene ring substituents is 1. The Kier molecular flexibility index (Phi) is 6.14. The third-order valence-electron chi connectivity index (χ3n) is 3.47. The molecule has 0 saturated carbocycles. The molecule has 0 aliphatic rings. The van der Waals surface area contributed by atoms with E-state index in [2.05, 4.69) is 0 Å². The zero-order chi connectivity index (χ0) is 17.5. The molecule has 0 aliphatic carbocycles. The minimum atomic E-state index is -0.541. The molecule has 0 spiro atoms. The molecule has 1 amide bonds. The van der Waals surface area contributed by atoms with Gasteiger partial charge in [-0.15, -0.1) is 0 Å². The van der Waals surface area contributed by atoms with Crippen LogP contribution in [0.2, 0.25) is 5.02 Å². The van der Waals surface area contributed by atoms with E-state index in [4.69, 9.17) is 16.3 Å². The first-order valence-corrected chi connectivity index (χ1v) is 7.78. The number of hydrogen-bond donors (Lipinski definition) is 0. The minimum Gasteiger partial charge on any atom is -0.477 e. The molecule has 24 heavy (non-hydrogen) atoms. The molecule has 0 aromatic heterocycles. The molecule has 2 aromatic rings. The molecule has 126 valence electrons. The largest absolute Gasteiger partial charge is 0.477 e. The van der Waals surface area contributed by atoms with Crippen LogP contribution >= 0.6 is 11.6 Å². The average Bonchev–Trinajstić information content (AvgIpc) is 2.59. The zero-order valence-electron chi connectivity index (χ0n) is 13.1. The Morgan fingerprint density at radius 3 is 2.54 bits per heavy atom. The number of likely N-dealkylation sites (N-methyl/N-ethyl adjacent to an activating group) is 1. The molecule has 0 N–H and O–H groups in total. The maximum Gasteiger partial charge on any atom is 0.310 e. The second-order valence-corrected chi connectivity index (χ2v) is 5.42. The molecule has 0 fully saturated rings. The Hall–Kier alpha value is -2.60. The molecule has 6 nitrogen and oxygen atoms in total. The van der Waals surface area contributed by atoms with Crippen molar-refractivity contribution in [1.82, 2.24) is 4.90 Å². The van der Waals surface area contributed by atoms with Crippen LogP contribution in [0.25, 0.3) is 0 Å². The highest BCUT2D eigenvalue weighted by atomic mass is 35.5. The first-order chi connectivity index (χ1) is 11.5. The Labute approximate surface area is 144 Å². The highest BCUT2D eigenvalue weighted by Crippen LogP contribution is 2.25. The summed E-state index contributed by atoms with van der Waals surface area (Å²) in [6.07, 6.45) is 0. The molecule has 0 unspecified atom stereocenters. The van der Waals surface area contributed by atoms with E-state index < -0.39 is 4.92 Å². The monoisotopic (exact) mass is 348 g/mol. The summed E-state index contributed by atoms with van der Waals surface area (Å²) in [5, 5.41) is 11.5. The van der Waals surface area contributed by atoms with Crippen LogP contribution in [0.4, 0.5) is 5.69 Å². The fourth-order valence-electron chi connectivity index (χ4n) is 2.17. The van der Waals surface area contributed by atoms with Crippen molar-refractivity contribution in [2.24, 2.45) is 0 Å². The van der Waals surface area contributed by atoms with E-state index in [9.17, 15) is 14.9 Å². The van der Waals surface area contributed by atoms with Gasteiger partial charge in [0.05, 0.1) is 4.92 Å². The summed E-state index contributed by atoms with van der Waals surface area (Å²) >= 11 is 6.11. The molecule has 0 aliphatic heterocycles. The average molecular weight is 349 g/mol.